The molecule has 0 aliphatic rings. The van der Waals surface area contributed by atoms with Crippen LogP contribution in [0.4, 0.5) is 10.9 Å². The SMILES string of the molecule is Cc1ccc(Oc2nc(Br)cnc2Nc2nc(C)ns2)cc1. The fourth-order valence-electron chi connectivity index (χ4n) is 1.68. The molecular formula is C14H12BrN5OS. The molecule has 8 heteroatoms. The third kappa shape index (κ3) is 3.58. The summed E-state index contributed by atoms with van der Waals surface area (Å²) >= 11 is 4.56. The molecule has 0 saturated heterocycles. The van der Waals surface area contributed by atoms with Crippen LogP contribution in [-0.2, 0) is 0 Å². The summed E-state index contributed by atoms with van der Waals surface area (Å²) in [7, 11) is 0. The van der Waals surface area contributed by atoms with E-state index in [2.05, 4.69) is 40.6 Å². The van der Waals surface area contributed by atoms with E-state index in [4.69, 9.17) is 4.74 Å². The smallest absolute Gasteiger partial charge is 0.264 e. The number of halogens is 1. The van der Waals surface area contributed by atoms with Gasteiger partial charge in [0.15, 0.2) is 5.82 Å². The van der Waals surface area contributed by atoms with E-state index in [0.717, 1.165) is 5.56 Å². The summed E-state index contributed by atoms with van der Waals surface area (Å²) < 4.78 is 10.5. The second kappa shape index (κ2) is 6.37. The first-order valence-corrected chi connectivity index (χ1v) is 8.01. The molecule has 1 N–H and O–H groups in total. The highest BCUT2D eigenvalue weighted by Gasteiger charge is 2.12. The predicted molar refractivity (Wildman–Crippen MR) is 88.9 cm³/mol. The standard InChI is InChI=1S/C14H12BrN5OS/c1-8-3-5-10(6-4-8)21-13-12(16-7-11(15)18-13)19-14-17-9(2)20-22-14/h3-7H,1-2H3,(H,16,17,19,20). The van der Waals surface area contributed by atoms with Crippen molar-refractivity contribution in [1.82, 2.24) is 19.3 Å². The van der Waals surface area contributed by atoms with Crippen LogP contribution in [0.15, 0.2) is 35.1 Å². The summed E-state index contributed by atoms with van der Waals surface area (Å²) in [6.45, 7) is 3.85. The molecule has 0 unspecified atom stereocenters. The molecular weight excluding hydrogens is 366 g/mol. The molecule has 3 rings (SSSR count). The number of aromatic nitrogens is 4. The molecule has 2 heterocycles. The van der Waals surface area contributed by atoms with Crippen molar-refractivity contribution in [2.45, 2.75) is 13.8 Å². The minimum absolute atomic E-state index is 0.367. The van der Waals surface area contributed by atoms with Crippen molar-refractivity contribution >= 4 is 38.4 Å². The van der Waals surface area contributed by atoms with Crippen LogP contribution >= 0.6 is 27.5 Å². The van der Waals surface area contributed by atoms with Crippen LogP contribution in [0.3, 0.4) is 0 Å². The Balaban J connectivity index is 1.88. The summed E-state index contributed by atoms with van der Waals surface area (Å²) in [6.07, 6.45) is 1.60. The number of nitrogens with zero attached hydrogens (tertiary/aromatic N) is 4. The van der Waals surface area contributed by atoms with E-state index in [1.54, 1.807) is 6.20 Å². The highest BCUT2D eigenvalue weighted by molar-refractivity contribution is 9.10. The molecule has 0 bridgehead atoms. The number of hydrogen-bond acceptors (Lipinski definition) is 7. The van der Waals surface area contributed by atoms with Gasteiger partial charge in [0.1, 0.15) is 16.2 Å². The van der Waals surface area contributed by atoms with E-state index in [-0.39, 0.29) is 0 Å². The number of ether oxygens (including phenoxy) is 1. The van der Waals surface area contributed by atoms with Crippen molar-refractivity contribution in [2.24, 2.45) is 0 Å². The summed E-state index contributed by atoms with van der Waals surface area (Å²) in [4.78, 5) is 12.9. The first-order chi connectivity index (χ1) is 10.6. The van der Waals surface area contributed by atoms with E-state index >= 15 is 0 Å². The molecule has 22 heavy (non-hydrogen) atoms. The van der Waals surface area contributed by atoms with Gasteiger partial charge in [-0.15, -0.1) is 0 Å². The Kier molecular flexibility index (Phi) is 4.30. The van der Waals surface area contributed by atoms with Crippen LogP contribution in [0.5, 0.6) is 11.6 Å². The number of rotatable bonds is 4. The summed E-state index contributed by atoms with van der Waals surface area (Å²) in [5.41, 5.74) is 1.16. The van der Waals surface area contributed by atoms with Gasteiger partial charge in [-0.2, -0.15) is 4.37 Å². The maximum absolute atomic E-state index is 5.81. The molecule has 2 aromatic heterocycles. The van der Waals surface area contributed by atoms with E-state index in [1.165, 1.54) is 11.5 Å². The lowest BCUT2D eigenvalue weighted by atomic mass is 10.2. The average Bonchev–Trinajstić information content (AvgIpc) is 2.90. The molecule has 0 radical (unpaired) electrons. The van der Waals surface area contributed by atoms with E-state index in [9.17, 15) is 0 Å². The largest absolute Gasteiger partial charge is 0.436 e. The Morgan fingerprint density at radius 3 is 2.59 bits per heavy atom. The van der Waals surface area contributed by atoms with Gasteiger partial charge in [-0.25, -0.2) is 15.0 Å². The van der Waals surface area contributed by atoms with Gasteiger partial charge >= 0.3 is 0 Å². The fourth-order valence-corrected chi connectivity index (χ4v) is 2.51. The molecule has 3 aromatic rings. The van der Waals surface area contributed by atoms with Gasteiger partial charge in [-0.05, 0) is 41.9 Å². The van der Waals surface area contributed by atoms with E-state index in [0.29, 0.717) is 33.0 Å². The Bertz CT molecular complexity index is 790. The van der Waals surface area contributed by atoms with Crippen molar-refractivity contribution in [2.75, 3.05) is 5.32 Å². The molecule has 0 amide bonds. The van der Waals surface area contributed by atoms with Crippen molar-refractivity contribution in [1.29, 1.82) is 0 Å². The predicted octanol–water partition coefficient (Wildman–Crippen LogP) is 4.24. The normalized spacial score (nSPS) is 10.5. The van der Waals surface area contributed by atoms with Crippen molar-refractivity contribution < 1.29 is 4.74 Å². The molecule has 112 valence electrons. The zero-order chi connectivity index (χ0) is 15.5. The quantitative estimate of drug-likeness (QED) is 0.732. The lowest BCUT2D eigenvalue weighted by molar-refractivity contribution is 0.461. The molecule has 6 nitrogen and oxygen atoms in total. The van der Waals surface area contributed by atoms with Crippen molar-refractivity contribution in [3.05, 3.63) is 46.5 Å². The van der Waals surface area contributed by atoms with Crippen LogP contribution < -0.4 is 10.1 Å². The second-order valence-corrected chi connectivity index (χ2v) is 6.10. The van der Waals surface area contributed by atoms with Gasteiger partial charge in [-0.3, -0.25) is 0 Å². The first kappa shape index (κ1) is 14.9. The van der Waals surface area contributed by atoms with Crippen LogP contribution in [0.1, 0.15) is 11.4 Å². The van der Waals surface area contributed by atoms with E-state index in [1.807, 2.05) is 38.1 Å². The number of aryl methyl sites for hydroxylation is 2. The lowest BCUT2D eigenvalue weighted by Crippen LogP contribution is -1.99. The van der Waals surface area contributed by atoms with Crippen molar-refractivity contribution in [3.8, 4) is 11.6 Å². The Labute approximate surface area is 139 Å². The molecule has 0 atom stereocenters. The second-order valence-electron chi connectivity index (χ2n) is 4.53. The zero-order valence-electron chi connectivity index (χ0n) is 11.9. The zero-order valence-corrected chi connectivity index (χ0v) is 14.3. The van der Waals surface area contributed by atoms with Gasteiger partial charge < -0.3 is 10.1 Å². The molecule has 0 saturated carbocycles. The van der Waals surface area contributed by atoms with Gasteiger partial charge in [0.25, 0.3) is 5.88 Å². The number of benzene rings is 1. The van der Waals surface area contributed by atoms with E-state index < -0.39 is 0 Å². The molecule has 1 aromatic carbocycles. The molecule has 0 fully saturated rings. The maximum atomic E-state index is 5.81. The van der Waals surface area contributed by atoms with Crippen LogP contribution in [0.25, 0.3) is 0 Å². The first-order valence-electron chi connectivity index (χ1n) is 6.44. The maximum Gasteiger partial charge on any atom is 0.264 e. The minimum Gasteiger partial charge on any atom is -0.436 e. The Hall–Kier alpha value is -2.06. The van der Waals surface area contributed by atoms with Crippen LogP contribution in [-0.4, -0.2) is 19.3 Å². The lowest BCUT2D eigenvalue weighted by Gasteiger charge is -2.09. The van der Waals surface area contributed by atoms with Crippen LogP contribution in [0.2, 0.25) is 0 Å². The van der Waals surface area contributed by atoms with Gasteiger partial charge in [0.05, 0.1) is 6.20 Å². The molecule has 0 aliphatic heterocycles. The average molecular weight is 378 g/mol. The summed E-state index contributed by atoms with van der Waals surface area (Å²) in [6, 6.07) is 7.72. The molecule has 0 spiro atoms. The Morgan fingerprint density at radius 1 is 1.14 bits per heavy atom. The summed E-state index contributed by atoms with van der Waals surface area (Å²) in [5, 5.41) is 3.72. The van der Waals surface area contributed by atoms with Gasteiger partial charge in [-0.1, -0.05) is 17.7 Å². The summed E-state index contributed by atoms with van der Waals surface area (Å²) in [5.74, 6) is 2.25. The third-order valence-corrected chi connectivity index (χ3v) is 3.80. The Morgan fingerprint density at radius 2 is 1.91 bits per heavy atom. The fraction of sp³-hybridized carbons (Fsp3) is 0.143. The van der Waals surface area contributed by atoms with Crippen LogP contribution in [0, 0.1) is 13.8 Å². The highest BCUT2D eigenvalue weighted by atomic mass is 79.9. The monoisotopic (exact) mass is 377 g/mol. The third-order valence-electron chi connectivity index (χ3n) is 2.70. The van der Waals surface area contributed by atoms with Gasteiger partial charge in [0, 0.05) is 11.5 Å². The van der Waals surface area contributed by atoms with Gasteiger partial charge in [0.2, 0.25) is 5.13 Å². The topological polar surface area (TPSA) is 72.8 Å². The van der Waals surface area contributed by atoms with Crippen molar-refractivity contribution in [3.63, 3.8) is 0 Å². The minimum atomic E-state index is 0.367. The number of hydrogen-bond donors (Lipinski definition) is 1. The highest BCUT2D eigenvalue weighted by Crippen LogP contribution is 2.29. The number of nitrogens with one attached hydrogen (secondary N) is 1. The number of anilines is 2. The molecule has 0 aliphatic carbocycles.